The smallest absolute Gasteiger partial charge is 0.340 e. The SMILES string of the molecule is CCOC(=O)c1ccccc1Nc1cc(C)nc(N(CC)Cc2ccccc2)n1. The summed E-state index contributed by atoms with van der Waals surface area (Å²) in [5.41, 5.74) is 3.17. The van der Waals surface area contributed by atoms with Crippen LogP contribution in [0.25, 0.3) is 0 Å². The zero-order chi connectivity index (χ0) is 20.6. The molecule has 0 unspecified atom stereocenters. The number of carbonyl (C=O) groups excluding carboxylic acids is 1. The number of hydrogen-bond donors (Lipinski definition) is 1. The first-order chi connectivity index (χ1) is 14.1. The van der Waals surface area contributed by atoms with Gasteiger partial charge in [0.15, 0.2) is 0 Å². The Bertz CT molecular complexity index is 960. The number of esters is 1. The summed E-state index contributed by atoms with van der Waals surface area (Å²) in [5, 5.41) is 3.26. The average Bonchev–Trinajstić information content (AvgIpc) is 2.73. The molecular formula is C23H26N4O2. The second kappa shape index (κ2) is 9.68. The molecule has 6 heteroatoms. The minimum absolute atomic E-state index is 0.328. The van der Waals surface area contributed by atoms with Gasteiger partial charge in [0.1, 0.15) is 5.82 Å². The van der Waals surface area contributed by atoms with Crippen LogP contribution in [0.5, 0.6) is 0 Å². The lowest BCUT2D eigenvalue weighted by atomic mass is 10.2. The number of aryl methyl sites for hydroxylation is 1. The fourth-order valence-electron chi connectivity index (χ4n) is 3.00. The van der Waals surface area contributed by atoms with Crippen molar-refractivity contribution in [3.8, 4) is 0 Å². The first kappa shape index (κ1) is 20.3. The molecule has 1 aromatic heterocycles. The molecule has 3 rings (SSSR count). The molecule has 150 valence electrons. The highest BCUT2D eigenvalue weighted by Gasteiger charge is 2.15. The van der Waals surface area contributed by atoms with E-state index in [4.69, 9.17) is 9.72 Å². The second-order valence-electron chi connectivity index (χ2n) is 6.59. The Kier molecular flexibility index (Phi) is 6.79. The molecule has 0 aliphatic heterocycles. The first-order valence-electron chi connectivity index (χ1n) is 9.78. The largest absolute Gasteiger partial charge is 0.462 e. The number of anilines is 3. The summed E-state index contributed by atoms with van der Waals surface area (Å²) in [4.78, 5) is 23.7. The fraction of sp³-hybridized carbons (Fsp3) is 0.261. The van der Waals surface area contributed by atoms with E-state index in [-0.39, 0.29) is 5.97 Å². The number of hydrogen-bond acceptors (Lipinski definition) is 6. The number of benzene rings is 2. The van der Waals surface area contributed by atoms with Gasteiger partial charge in [0.2, 0.25) is 5.95 Å². The van der Waals surface area contributed by atoms with E-state index in [2.05, 4.69) is 34.3 Å². The van der Waals surface area contributed by atoms with E-state index in [0.29, 0.717) is 29.6 Å². The van der Waals surface area contributed by atoms with Crippen LogP contribution < -0.4 is 10.2 Å². The van der Waals surface area contributed by atoms with Crippen molar-refractivity contribution in [3.63, 3.8) is 0 Å². The van der Waals surface area contributed by atoms with Gasteiger partial charge in [-0.05, 0) is 38.5 Å². The van der Waals surface area contributed by atoms with Gasteiger partial charge in [-0.15, -0.1) is 0 Å². The Labute approximate surface area is 171 Å². The molecule has 2 aromatic carbocycles. The van der Waals surface area contributed by atoms with E-state index in [0.717, 1.165) is 18.8 Å². The summed E-state index contributed by atoms with van der Waals surface area (Å²) in [5.74, 6) is 0.920. The Morgan fingerprint density at radius 2 is 1.76 bits per heavy atom. The van der Waals surface area contributed by atoms with Crippen LogP contribution in [0.2, 0.25) is 0 Å². The molecule has 1 N–H and O–H groups in total. The standard InChI is InChI=1S/C23H26N4O2/c1-4-27(16-18-11-7-6-8-12-18)23-24-17(3)15-21(26-23)25-20-14-10-9-13-19(20)22(28)29-5-2/h6-15H,4-5,16H2,1-3H3,(H,24,25,26). The van der Waals surface area contributed by atoms with E-state index < -0.39 is 0 Å². The lowest BCUT2D eigenvalue weighted by molar-refractivity contribution is 0.0527. The number of rotatable bonds is 8. The molecular weight excluding hydrogens is 364 g/mol. The van der Waals surface area contributed by atoms with Crippen molar-refractivity contribution in [2.75, 3.05) is 23.4 Å². The molecule has 0 radical (unpaired) electrons. The highest BCUT2D eigenvalue weighted by molar-refractivity contribution is 5.96. The maximum absolute atomic E-state index is 12.2. The molecule has 0 atom stereocenters. The first-order valence-corrected chi connectivity index (χ1v) is 9.78. The highest BCUT2D eigenvalue weighted by atomic mass is 16.5. The Balaban J connectivity index is 1.87. The van der Waals surface area contributed by atoms with Crippen molar-refractivity contribution in [2.45, 2.75) is 27.3 Å². The Hall–Kier alpha value is -3.41. The van der Waals surface area contributed by atoms with Gasteiger partial charge in [-0.3, -0.25) is 0 Å². The van der Waals surface area contributed by atoms with Gasteiger partial charge in [0.25, 0.3) is 0 Å². The van der Waals surface area contributed by atoms with Gasteiger partial charge >= 0.3 is 5.97 Å². The van der Waals surface area contributed by atoms with Crippen LogP contribution >= 0.6 is 0 Å². The lowest BCUT2D eigenvalue weighted by Gasteiger charge is -2.22. The summed E-state index contributed by atoms with van der Waals surface area (Å²) < 4.78 is 5.16. The van der Waals surface area contributed by atoms with Gasteiger partial charge in [0.05, 0.1) is 17.9 Å². The molecule has 0 bridgehead atoms. The summed E-state index contributed by atoms with van der Waals surface area (Å²) >= 11 is 0. The number of aromatic nitrogens is 2. The topological polar surface area (TPSA) is 67.3 Å². The van der Waals surface area contributed by atoms with Crippen molar-refractivity contribution in [1.29, 1.82) is 0 Å². The van der Waals surface area contributed by atoms with Gasteiger partial charge in [-0.2, -0.15) is 4.98 Å². The monoisotopic (exact) mass is 390 g/mol. The fourth-order valence-corrected chi connectivity index (χ4v) is 3.00. The van der Waals surface area contributed by atoms with Crippen molar-refractivity contribution in [3.05, 3.63) is 77.5 Å². The molecule has 0 saturated heterocycles. The summed E-state index contributed by atoms with van der Waals surface area (Å²) in [6.07, 6.45) is 0. The van der Waals surface area contributed by atoms with E-state index in [1.807, 2.05) is 49.4 Å². The number of nitrogens with one attached hydrogen (secondary N) is 1. The maximum Gasteiger partial charge on any atom is 0.340 e. The minimum Gasteiger partial charge on any atom is -0.462 e. The Morgan fingerprint density at radius 3 is 2.48 bits per heavy atom. The molecule has 0 spiro atoms. The molecule has 0 amide bonds. The van der Waals surface area contributed by atoms with Crippen molar-refractivity contribution < 1.29 is 9.53 Å². The number of carbonyl (C=O) groups is 1. The third-order valence-corrected chi connectivity index (χ3v) is 4.41. The summed E-state index contributed by atoms with van der Waals surface area (Å²) in [6.45, 7) is 7.63. The molecule has 1 heterocycles. The van der Waals surface area contributed by atoms with Gasteiger partial charge < -0.3 is 15.0 Å². The molecule has 6 nitrogen and oxygen atoms in total. The van der Waals surface area contributed by atoms with Gasteiger partial charge in [-0.1, -0.05) is 42.5 Å². The van der Waals surface area contributed by atoms with Crippen LogP contribution in [-0.2, 0) is 11.3 Å². The molecule has 0 saturated carbocycles. The zero-order valence-corrected chi connectivity index (χ0v) is 17.1. The molecule has 0 aliphatic rings. The summed E-state index contributed by atoms with van der Waals surface area (Å²) in [7, 11) is 0. The van der Waals surface area contributed by atoms with Gasteiger partial charge in [-0.25, -0.2) is 9.78 Å². The van der Waals surface area contributed by atoms with Crippen LogP contribution in [-0.4, -0.2) is 29.1 Å². The minimum atomic E-state index is -0.360. The molecule has 0 aliphatic carbocycles. The third kappa shape index (κ3) is 5.31. The maximum atomic E-state index is 12.2. The van der Waals surface area contributed by atoms with Crippen molar-refractivity contribution in [2.24, 2.45) is 0 Å². The second-order valence-corrected chi connectivity index (χ2v) is 6.59. The van der Waals surface area contributed by atoms with E-state index >= 15 is 0 Å². The van der Waals surface area contributed by atoms with Crippen LogP contribution in [0.1, 0.15) is 35.5 Å². The van der Waals surface area contributed by atoms with Crippen LogP contribution in [0.15, 0.2) is 60.7 Å². The number of nitrogens with zero attached hydrogens (tertiary/aromatic N) is 3. The predicted molar refractivity (Wildman–Crippen MR) is 116 cm³/mol. The van der Waals surface area contributed by atoms with E-state index in [1.54, 1.807) is 13.0 Å². The van der Waals surface area contributed by atoms with E-state index in [1.165, 1.54) is 5.56 Å². The lowest BCUT2D eigenvalue weighted by Crippen LogP contribution is -2.24. The predicted octanol–water partition coefficient (Wildman–Crippen LogP) is 4.73. The molecule has 0 fully saturated rings. The number of ether oxygens (including phenoxy) is 1. The van der Waals surface area contributed by atoms with Gasteiger partial charge in [0, 0.05) is 24.8 Å². The van der Waals surface area contributed by atoms with Crippen LogP contribution in [0.4, 0.5) is 17.5 Å². The average molecular weight is 390 g/mol. The normalized spacial score (nSPS) is 10.4. The Morgan fingerprint density at radius 1 is 1.03 bits per heavy atom. The van der Waals surface area contributed by atoms with Crippen LogP contribution in [0, 0.1) is 6.92 Å². The van der Waals surface area contributed by atoms with Crippen molar-refractivity contribution in [1.82, 2.24) is 9.97 Å². The molecule has 3 aromatic rings. The van der Waals surface area contributed by atoms with Crippen molar-refractivity contribution >= 4 is 23.4 Å². The summed E-state index contributed by atoms with van der Waals surface area (Å²) in [6, 6.07) is 19.4. The van der Waals surface area contributed by atoms with Crippen LogP contribution in [0.3, 0.4) is 0 Å². The highest BCUT2D eigenvalue weighted by Crippen LogP contribution is 2.23. The third-order valence-electron chi connectivity index (χ3n) is 4.41. The zero-order valence-electron chi connectivity index (χ0n) is 17.1. The quantitative estimate of drug-likeness (QED) is 0.561. The van der Waals surface area contributed by atoms with E-state index in [9.17, 15) is 4.79 Å². The number of para-hydroxylation sites is 1. The molecule has 29 heavy (non-hydrogen) atoms.